The van der Waals surface area contributed by atoms with Crippen LogP contribution in [0.4, 0.5) is 4.39 Å². The lowest BCUT2D eigenvalue weighted by Gasteiger charge is -2.06. The molecule has 1 heterocycles. The van der Waals surface area contributed by atoms with Gasteiger partial charge in [0.25, 0.3) is 0 Å². The van der Waals surface area contributed by atoms with Crippen molar-refractivity contribution in [3.8, 4) is 16.2 Å². The first-order chi connectivity index (χ1) is 13.1. The molecule has 0 aliphatic carbocycles. The van der Waals surface area contributed by atoms with Crippen molar-refractivity contribution in [3.05, 3.63) is 88.1 Å². The topological polar surface area (TPSA) is 26.3 Å². The normalized spacial score (nSPS) is 10.9. The van der Waals surface area contributed by atoms with Gasteiger partial charge >= 0.3 is 0 Å². The Hall–Kier alpha value is -2.50. The van der Waals surface area contributed by atoms with Crippen molar-refractivity contribution in [3.63, 3.8) is 0 Å². The summed E-state index contributed by atoms with van der Waals surface area (Å²) in [5, 5.41) is 0.869. The molecule has 0 aliphatic rings. The highest BCUT2D eigenvalue weighted by molar-refractivity contribution is 9.10. The first kappa shape index (κ1) is 17.9. The minimum absolute atomic E-state index is 0.121. The van der Waals surface area contributed by atoms with Crippen LogP contribution in [0.1, 0.15) is 15.9 Å². The molecule has 0 atom stereocenters. The summed E-state index contributed by atoms with van der Waals surface area (Å²) in [5.41, 5.74) is 2.06. The molecular formula is C22H14BrFO2S. The van der Waals surface area contributed by atoms with E-state index in [4.69, 9.17) is 4.74 Å². The zero-order valence-corrected chi connectivity index (χ0v) is 16.7. The zero-order valence-electron chi connectivity index (χ0n) is 14.3. The maximum Gasteiger partial charge on any atom is 0.195 e. The molecule has 0 fully saturated rings. The van der Waals surface area contributed by atoms with Crippen LogP contribution in [0, 0.1) is 5.82 Å². The average molecular weight is 441 g/mol. The predicted octanol–water partition coefficient (Wildman–Crippen LogP) is 6.71. The predicted molar refractivity (Wildman–Crippen MR) is 111 cm³/mol. The first-order valence-corrected chi connectivity index (χ1v) is 9.84. The highest BCUT2D eigenvalue weighted by atomic mass is 79.9. The van der Waals surface area contributed by atoms with Gasteiger partial charge in [0.1, 0.15) is 11.6 Å². The second-order valence-electron chi connectivity index (χ2n) is 6.01. The molecule has 1 aromatic heterocycles. The molecule has 5 heteroatoms. The van der Waals surface area contributed by atoms with E-state index in [9.17, 15) is 9.18 Å². The number of benzene rings is 3. The van der Waals surface area contributed by atoms with E-state index in [1.165, 1.54) is 24.3 Å². The quantitative estimate of drug-likeness (QED) is 0.329. The number of rotatable bonds is 4. The Morgan fingerprint density at radius 1 is 1.00 bits per heavy atom. The van der Waals surface area contributed by atoms with E-state index in [2.05, 4.69) is 15.9 Å². The summed E-state index contributed by atoms with van der Waals surface area (Å²) in [5.74, 6) is 0.260. The Morgan fingerprint density at radius 2 is 1.70 bits per heavy atom. The van der Waals surface area contributed by atoms with Crippen LogP contribution in [0.25, 0.3) is 20.5 Å². The second kappa shape index (κ2) is 7.25. The molecule has 0 saturated heterocycles. The van der Waals surface area contributed by atoms with Gasteiger partial charge in [0.2, 0.25) is 0 Å². The molecule has 0 radical (unpaired) electrons. The van der Waals surface area contributed by atoms with Crippen molar-refractivity contribution < 1.29 is 13.9 Å². The van der Waals surface area contributed by atoms with Crippen LogP contribution in [0.3, 0.4) is 0 Å². The molecule has 0 spiro atoms. The summed E-state index contributed by atoms with van der Waals surface area (Å²) >= 11 is 5.00. The third kappa shape index (κ3) is 3.40. The molecule has 0 unspecified atom stereocenters. The van der Waals surface area contributed by atoms with Gasteiger partial charge in [0, 0.05) is 30.6 Å². The molecule has 27 heavy (non-hydrogen) atoms. The number of fused-ring (bicyclic) bond motifs is 1. The lowest BCUT2D eigenvalue weighted by Crippen LogP contribution is -2.02. The number of halogens is 2. The number of methoxy groups -OCH3 is 1. The fraction of sp³-hybridized carbons (Fsp3) is 0.0455. The molecule has 4 aromatic rings. The minimum Gasteiger partial charge on any atom is -0.497 e. The number of thiophene rings is 1. The molecule has 2 nitrogen and oxygen atoms in total. The maximum atomic E-state index is 13.3. The summed E-state index contributed by atoms with van der Waals surface area (Å²) in [6.45, 7) is 0. The van der Waals surface area contributed by atoms with Gasteiger partial charge in [0.15, 0.2) is 5.78 Å². The van der Waals surface area contributed by atoms with E-state index < -0.39 is 0 Å². The lowest BCUT2D eigenvalue weighted by atomic mass is 9.97. The van der Waals surface area contributed by atoms with E-state index in [0.717, 1.165) is 30.7 Å². The fourth-order valence-electron chi connectivity index (χ4n) is 2.98. The van der Waals surface area contributed by atoms with Crippen LogP contribution in [-0.4, -0.2) is 12.9 Å². The van der Waals surface area contributed by atoms with Gasteiger partial charge in [-0.1, -0.05) is 28.1 Å². The van der Waals surface area contributed by atoms with Crippen LogP contribution < -0.4 is 4.74 Å². The van der Waals surface area contributed by atoms with Crippen molar-refractivity contribution in [1.82, 2.24) is 0 Å². The van der Waals surface area contributed by atoms with Crippen molar-refractivity contribution in [2.24, 2.45) is 0 Å². The molecule has 3 aromatic carbocycles. The number of ether oxygens (including phenoxy) is 1. The second-order valence-corrected chi connectivity index (χ2v) is 7.98. The summed E-state index contributed by atoms with van der Waals surface area (Å²) in [4.78, 5) is 14.2. The van der Waals surface area contributed by atoms with E-state index in [1.54, 1.807) is 18.4 Å². The van der Waals surface area contributed by atoms with Gasteiger partial charge in [0.05, 0.1) is 7.11 Å². The third-order valence-corrected chi connectivity index (χ3v) is 6.07. The van der Waals surface area contributed by atoms with E-state index in [0.29, 0.717) is 11.1 Å². The van der Waals surface area contributed by atoms with Crippen molar-refractivity contribution in [2.75, 3.05) is 7.11 Å². The molecule has 0 amide bonds. The molecule has 134 valence electrons. The van der Waals surface area contributed by atoms with E-state index in [-0.39, 0.29) is 11.6 Å². The van der Waals surface area contributed by atoms with Gasteiger partial charge < -0.3 is 4.74 Å². The highest BCUT2D eigenvalue weighted by Gasteiger charge is 2.22. The van der Waals surface area contributed by atoms with Gasteiger partial charge in [-0.25, -0.2) is 4.39 Å². The monoisotopic (exact) mass is 440 g/mol. The Labute approximate surface area is 168 Å². The molecule has 0 aliphatic heterocycles. The highest BCUT2D eigenvalue weighted by Crippen LogP contribution is 2.41. The molecule has 0 saturated carbocycles. The van der Waals surface area contributed by atoms with Crippen molar-refractivity contribution in [2.45, 2.75) is 0 Å². The Kier molecular flexibility index (Phi) is 4.81. The number of ketones is 1. The minimum atomic E-state index is -0.361. The van der Waals surface area contributed by atoms with Crippen molar-refractivity contribution in [1.29, 1.82) is 0 Å². The summed E-state index contributed by atoms with van der Waals surface area (Å²) < 4.78 is 20.6. The summed E-state index contributed by atoms with van der Waals surface area (Å²) in [6, 6.07) is 19.2. The number of hydrogen-bond donors (Lipinski definition) is 0. The van der Waals surface area contributed by atoms with Gasteiger partial charge in [-0.2, -0.15) is 0 Å². The third-order valence-electron chi connectivity index (χ3n) is 4.34. The SMILES string of the molecule is COc1ccc2c(C(=O)c3ccc(F)cc3)c(-c3ccc(Br)cc3)sc2c1. The summed E-state index contributed by atoms with van der Waals surface area (Å²) in [6.07, 6.45) is 0. The smallest absolute Gasteiger partial charge is 0.195 e. The molecular weight excluding hydrogens is 427 g/mol. The standard InChI is InChI=1S/C22H14BrFO2S/c1-26-17-10-11-18-19(12-17)27-22(14-2-6-15(23)7-3-14)20(18)21(25)13-4-8-16(24)9-5-13/h2-12H,1H3. The van der Waals surface area contributed by atoms with Crippen LogP contribution in [-0.2, 0) is 0 Å². The number of carbonyl (C=O) groups is 1. The molecule has 0 bridgehead atoms. The van der Waals surface area contributed by atoms with Crippen LogP contribution in [0.2, 0.25) is 0 Å². The Balaban J connectivity index is 1.95. The fourth-order valence-corrected chi connectivity index (χ4v) is 4.48. The number of hydrogen-bond acceptors (Lipinski definition) is 3. The zero-order chi connectivity index (χ0) is 19.0. The summed E-state index contributed by atoms with van der Waals surface area (Å²) in [7, 11) is 1.62. The number of carbonyl (C=O) groups excluding carboxylic acids is 1. The Morgan fingerprint density at radius 3 is 2.37 bits per heavy atom. The van der Waals surface area contributed by atoms with Gasteiger partial charge in [-0.3, -0.25) is 4.79 Å². The Bertz CT molecular complexity index is 1130. The lowest BCUT2D eigenvalue weighted by molar-refractivity contribution is 0.104. The maximum absolute atomic E-state index is 13.3. The van der Waals surface area contributed by atoms with Crippen LogP contribution in [0.5, 0.6) is 5.75 Å². The largest absolute Gasteiger partial charge is 0.497 e. The average Bonchev–Trinajstić information content (AvgIpc) is 3.07. The van der Waals surface area contributed by atoms with Gasteiger partial charge in [-0.05, 0) is 60.2 Å². The van der Waals surface area contributed by atoms with E-state index in [1.807, 2.05) is 42.5 Å². The van der Waals surface area contributed by atoms with Crippen molar-refractivity contribution >= 4 is 43.1 Å². The van der Waals surface area contributed by atoms with E-state index >= 15 is 0 Å². The molecule has 0 N–H and O–H groups in total. The molecule has 4 rings (SSSR count). The van der Waals surface area contributed by atoms with Gasteiger partial charge in [-0.15, -0.1) is 11.3 Å². The first-order valence-electron chi connectivity index (χ1n) is 8.23. The van der Waals surface area contributed by atoms with Crippen LogP contribution in [0.15, 0.2) is 71.2 Å². The van der Waals surface area contributed by atoms with Crippen LogP contribution >= 0.6 is 27.3 Å².